The van der Waals surface area contributed by atoms with Crippen LogP contribution in [0.4, 0.5) is 0 Å². The summed E-state index contributed by atoms with van der Waals surface area (Å²) in [5, 5.41) is 9.09. The van der Waals surface area contributed by atoms with E-state index in [2.05, 4.69) is 29.5 Å². The molecule has 0 saturated carbocycles. The van der Waals surface area contributed by atoms with E-state index in [9.17, 15) is 0 Å². The van der Waals surface area contributed by atoms with Crippen LogP contribution in [0.2, 0.25) is 0 Å². The van der Waals surface area contributed by atoms with Crippen LogP contribution in [0.3, 0.4) is 0 Å². The number of aromatic nitrogens is 2. The normalized spacial score (nSPS) is 11.0. The third-order valence-electron chi connectivity index (χ3n) is 3.42. The van der Waals surface area contributed by atoms with E-state index in [1.54, 1.807) is 0 Å². The number of benzene rings is 1. The molecule has 1 aromatic heterocycles. The molecule has 0 fully saturated rings. The molecule has 2 rings (SSSR count). The van der Waals surface area contributed by atoms with E-state index in [1.807, 2.05) is 25.2 Å². The molecule has 0 aliphatic carbocycles. The number of nitriles is 1. The molecule has 0 saturated heterocycles. The highest BCUT2D eigenvalue weighted by atomic mass is 15.1. The van der Waals surface area contributed by atoms with Crippen LogP contribution in [0.1, 0.15) is 44.0 Å². The zero-order chi connectivity index (χ0) is 12.4. The van der Waals surface area contributed by atoms with Gasteiger partial charge in [-0.05, 0) is 25.0 Å². The summed E-state index contributed by atoms with van der Waals surface area (Å²) < 4.78 is 2.12. The largest absolute Gasteiger partial charge is 0.331 e. The first-order valence-corrected chi connectivity index (χ1v) is 6.08. The predicted molar refractivity (Wildman–Crippen MR) is 68.8 cm³/mol. The smallest absolute Gasteiger partial charge is 0.112 e. The number of hydrogen-bond donors (Lipinski definition) is 0. The van der Waals surface area contributed by atoms with Crippen molar-refractivity contribution in [1.29, 1.82) is 5.26 Å². The fourth-order valence-corrected chi connectivity index (χ4v) is 2.34. The quantitative estimate of drug-likeness (QED) is 0.806. The van der Waals surface area contributed by atoms with Gasteiger partial charge in [0.25, 0.3) is 0 Å². The molecule has 0 amide bonds. The number of hydrogen-bond acceptors (Lipinski definition) is 2. The summed E-state index contributed by atoms with van der Waals surface area (Å²) in [6, 6.07) is 7.97. The van der Waals surface area contributed by atoms with Gasteiger partial charge in [0.2, 0.25) is 0 Å². The minimum Gasteiger partial charge on any atom is -0.331 e. The molecule has 1 aromatic carbocycles. The lowest BCUT2D eigenvalue weighted by atomic mass is 10.0. The second-order valence-electron chi connectivity index (χ2n) is 4.33. The maximum Gasteiger partial charge on any atom is 0.112 e. The number of aryl methyl sites for hydroxylation is 1. The Bertz CT molecular complexity index is 571. The van der Waals surface area contributed by atoms with Crippen molar-refractivity contribution in [2.24, 2.45) is 7.05 Å². The van der Waals surface area contributed by atoms with Gasteiger partial charge in [0.15, 0.2) is 0 Å². The summed E-state index contributed by atoms with van der Waals surface area (Å²) in [6.07, 6.45) is 2.16. The van der Waals surface area contributed by atoms with E-state index < -0.39 is 0 Å². The molecule has 0 aliphatic heterocycles. The van der Waals surface area contributed by atoms with Crippen molar-refractivity contribution < 1.29 is 0 Å². The van der Waals surface area contributed by atoms with Gasteiger partial charge in [-0.2, -0.15) is 5.26 Å². The molecule has 3 nitrogen and oxygen atoms in total. The molecule has 0 unspecified atom stereocenters. The molecular weight excluding hydrogens is 210 g/mol. The van der Waals surface area contributed by atoms with Crippen LogP contribution in [-0.2, 0) is 7.05 Å². The van der Waals surface area contributed by atoms with Gasteiger partial charge in [0.05, 0.1) is 11.1 Å². The Hall–Kier alpha value is -1.82. The van der Waals surface area contributed by atoms with Crippen LogP contribution >= 0.6 is 0 Å². The Morgan fingerprint density at radius 3 is 2.65 bits per heavy atom. The molecule has 2 aromatic rings. The van der Waals surface area contributed by atoms with Crippen molar-refractivity contribution in [3.63, 3.8) is 0 Å². The van der Waals surface area contributed by atoms with Crippen LogP contribution in [0.15, 0.2) is 18.2 Å². The number of rotatable bonds is 3. The van der Waals surface area contributed by atoms with E-state index in [0.717, 1.165) is 29.7 Å². The van der Waals surface area contributed by atoms with Gasteiger partial charge in [-0.1, -0.05) is 19.9 Å². The molecule has 0 spiro atoms. The highest BCUT2D eigenvalue weighted by Gasteiger charge is 2.16. The van der Waals surface area contributed by atoms with Crippen LogP contribution in [0.25, 0.3) is 11.0 Å². The van der Waals surface area contributed by atoms with Gasteiger partial charge in [0.1, 0.15) is 17.4 Å². The predicted octanol–water partition coefficient (Wildman–Crippen LogP) is 3.35. The molecule has 0 bridgehead atoms. The number of para-hydroxylation sites is 1. The maximum absolute atomic E-state index is 9.09. The third-order valence-corrected chi connectivity index (χ3v) is 3.42. The average molecular weight is 227 g/mol. The van der Waals surface area contributed by atoms with E-state index in [1.165, 1.54) is 0 Å². The van der Waals surface area contributed by atoms with Gasteiger partial charge < -0.3 is 4.57 Å². The summed E-state index contributed by atoms with van der Waals surface area (Å²) in [6.45, 7) is 4.36. The summed E-state index contributed by atoms with van der Waals surface area (Å²) in [7, 11) is 2.03. The van der Waals surface area contributed by atoms with Crippen molar-refractivity contribution in [1.82, 2.24) is 9.55 Å². The lowest BCUT2D eigenvalue weighted by Crippen LogP contribution is -2.04. The van der Waals surface area contributed by atoms with Gasteiger partial charge in [-0.3, -0.25) is 0 Å². The molecular formula is C14H17N3. The molecule has 1 heterocycles. The fraction of sp³-hybridized carbons (Fsp3) is 0.429. The van der Waals surface area contributed by atoms with Crippen molar-refractivity contribution in [2.75, 3.05) is 0 Å². The Morgan fingerprint density at radius 2 is 2.06 bits per heavy atom. The molecule has 0 aliphatic rings. The number of fused-ring (bicyclic) bond motifs is 1. The Balaban J connectivity index is 2.68. The van der Waals surface area contributed by atoms with Gasteiger partial charge >= 0.3 is 0 Å². The zero-order valence-corrected chi connectivity index (χ0v) is 10.6. The molecule has 17 heavy (non-hydrogen) atoms. The summed E-state index contributed by atoms with van der Waals surface area (Å²) >= 11 is 0. The summed E-state index contributed by atoms with van der Waals surface area (Å²) in [5.74, 6) is 1.56. The van der Waals surface area contributed by atoms with E-state index >= 15 is 0 Å². The third kappa shape index (κ3) is 1.80. The lowest BCUT2D eigenvalue weighted by Gasteiger charge is -2.11. The monoisotopic (exact) mass is 227 g/mol. The SMILES string of the molecule is CCC(CC)c1nc2c(C#N)cccc2n1C. The van der Waals surface area contributed by atoms with E-state index in [0.29, 0.717) is 11.5 Å². The Kier molecular flexibility index (Phi) is 3.14. The first-order chi connectivity index (χ1) is 8.22. The van der Waals surface area contributed by atoms with E-state index in [-0.39, 0.29) is 0 Å². The average Bonchev–Trinajstić information content (AvgIpc) is 2.69. The zero-order valence-electron chi connectivity index (χ0n) is 10.6. The molecule has 0 N–H and O–H groups in total. The molecule has 3 heteroatoms. The molecule has 88 valence electrons. The van der Waals surface area contributed by atoms with Crippen molar-refractivity contribution in [3.8, 4) is 6.07 Å². The summed E-state index contributed by atoms with van der Waals surface area (Å²) in [5.41, 5.74) is 2.54. The van der Waals surface area contributed by atoms with Crippen molar-refractivity contribution in [2.45, 2.75) is 32.6 Å². The standard InChI is InChI=1S/C14H17N3/c1-4-10(5-2)14-16-13-11(9-15)7-6-8-12(13)17(14)3/h6-8,10H,4-5H2,1-3H3. The maximum atomic E-state index is 9.09. The molecule has 0 atom stereocenters. The minimum absolute atomic E-state index is 0.471. The number of imidazole rings is 1. The second kappa shape index (κ2) is 4.58. The van der Waals surface area contributed by atoms with Gasteiger partial charge in [-0.15, -0.1) is 0 Å². The topological polar surface area (TPSA) is 41.6 Å². The lowest BCUT2D eigenvalue weighted by molar-refractivity contribution is 0.582. The second-order valence-corrected chi connectivity index (χ2v) is 4.33. The van der Waals surface area contributed by atoms with Crippen molar-refractivity contribution >= 4 is 11.0 Å². The Morgan fingerprint density at radius 1 is 1.35 bits per heavy atom. The number of nitrogens with zero attached hydrogens (tertiary/aromatic N) is 3. The minimum atomic E-state index is 0.471. The first-order valence-electron chi connectivity index (χ1n) is 6.08. The van der Waals surface area contributed by atoms with Gasteiger partial charge in [-0.25, -0.2) is 4.98 Å². The van der Waals surface area contributed by atoms with Crippen LogP contribution < -0.4 is 0 Å². The Labute approximate surface area is 102 Å². The van der Waals surface area contributed by atoms with Crippen LogP contribution in [0, 0.1) is 11.3 Å². The fourth-order valence-electron chi connectivity index (χ4n) is 2.34. The highest BCUT2D eigenvalue weighted by molar-refractivity contribution is 5.82. The van der Waals surface area contributed by atoms with Crippen molar-refractivity contribution in [3.05, 3.63) is 29.6 Å². The highest BCUT2D eigenvalue weighted by Crippen LogP contribution is 2.26. The molecule has 0 radical (unpaired) electrons. The van der Waals surface area contributed by atoms with E-state index in [4.69, 9.17) is 5.26 Å². The first kappa shape index (κ1) is 11.7. The van der Waals surface area contributed by atoms with Crippen LogP contribution in [0.5, 0.6) is 0 Å². The van der Waals surface area contributed by atoms with Crippen LogP contribution in [-0.4, -0.2) is 9.55 Å². The summed E-state index contributed by atoms with van der Waals surface area (Å²) in [4.78, 5) is 4.67. The van der Waals surface area contributed by atoms with Gasteiger partial charge in [0, 0.05) is 13.0 Å².